The number of rotatable bonds is 6. The Hall–Kier alpha value is -1.71. The molecule has 0 bridgehead atoms. The van der Waals surface area contributed by atoms with E-state index in [1.807, 2.05) is 52.9 Å². The lowest BCUT2D eigenvalue weighted by atomic mass is 9.96. The Bertz CT molecular complexity index is 674. The van der Waals surface area contributed by atoms with Crippen LogP contribution in [0.3, 0.4) is 0 Å². The Labute approximate surface area is 185 Å². The first-order valence-electron chi connectivity index (χ1n) is 9.47. The van der Waals surface area contributed by atoms with Crippen molar-refractivity contribution in [1.82, 2.24) is 15.5 Å². The Morgan fingerprint density at radius 3 is 2.50 bits per heavy atom. The van der Waals surface area contributed by atoms with E-state index in [0.29, 0.717) is 32.8 Å². The number of halogens is 1. The maximum absolute atomic E-state index is 11.9. The van der Waals surface area contributed by atoms with Crippen LogP contribution in [0.4, 0.5) is 0 Å². The summed E-state index contributed by atoms with van der Waals surface area (Å²) in [6.45, 7) is 11.4. The zero-order valence-corrected chi connectivity index (χ0v) is 19.8. The fourth-order valence-electron chi connectivity index (χ4n) is 2.60. The van der Waals surface area contributed by atoms with Crippen molar-refractivity contribution >= 4 is 35.8 Å². The smallest absolute Gasteiger partial charge is 0.225 e. The maximum Gasteiger partial charge on any atom is 0.225 e. The summed E-state index contributed by atoms with van der Waals surface area (Å²) < 4.78 is 11.2. The van der Waals surface area contributed by atoms with Crippen molar-refractivity contribution in [3.8, 4) is 11.5 Å². The highest BCUT2D eigenvalue weighted by atomic mass is 127. The summed E-state index contributed by atoms with van der Waals surface area (Å²) in [5, 5.41) is 6.21. The third-order valence-corrected chi connectivity index (χ3v) is 4.06. The van der Waals surface area contributed by atoms with Gasteiger partial charge in [-0.3, -0.25) is 9.79 Å². The molecule has 0 atom stereocenters. The van der Waals surface area contributed by atoms with Gasteiger partial charge in [0, 0.05) is 32.1 Å². The molecule has 0 fully saturated rings. The molecular formula is C20H33IN4O3. The van der Waals surface area contributed by atoms with Crippen molar-refractivity contribution in [3.63, 3.8) is 0 Å². The lowest BCUT2D eigenvalue weighted by molar-refractivity contribution is -0.128. The maximum atomic E-state index is 11.9. The molecule has 1 heterocycles. The van der Waals surface area contributed by atoms with Gasteiger partial charge in [-0.25, -0.2) is 0 Å². The summed E-state index contributed by atoms with van der Waals surface area (Å²) in [4.78, 5) is 18.6. The normalized spacial score (nSPS) is 13.4. The molecule has 0 aliphatic carbocycles. The average Bonchev–Trinajstić information content (AvgIpc) is 2.63. The number of amides is 1. The van der Waals surface area contributed by atoms with E-state index in [0.717, 1.165) is 29.6 Å². The van der Waals surface area contributed by atoms with Crippen molar-refractivity contribution < 1.29 is 14.3 Å². The van der Waals surface area contributed by atoms with E-state index < -0.39 is 0 Å². The fraction of sp³-hybridized carbons (Fsp3) is 0.600. The number of aliphatic imine (C=N–C) groups is 1. The van der Waals surface area contributed by atoms with E-state index in [9.17, 15) is 4.79 Å². The first-order chi connectivity index (χ1) is 12.8. The topological polar surface area (TPSA) is 75.2 Å². The van der Waals surface area contributed by atoms with Crippen molar-refractivity contribution in [2.45, 2.75) is 34.2 Å². The van der Waals surface area contributed by atoms with Crippen LogP contribution in [0.2, 0.25) is 0 Å². The molecule has 2 N–H and O–H groups in total. The highest BCUT2D eigenvalue weighted by Crippen LogP contribution is 2.31. The second kappa shape index (κ2) is 11.3. The predicted molar refractivity (Wildman–Crippen MR) is 123 cm³/mol. The summed E-state index contributed by atoms with van der Waals surface area (Å²) in [6, 6.07) is 6.00. The fourth-order valence-corrected chi connectivity index (χ4v) is 2.60. The third kappa shape index (κ3) is 7.37. The number of fused-ring (bicyclic) bond motifs is 1. The number of guanidine groups is 1. The molecule has 8 heteroatoms. The second-order valence-corrected chi connectivity index (χ2v) is 7.58. The molecule has 0 saturated carbocycles. The second-order valence-electron chi connectivity index (χ2n) is 7.58. The highest BCUT2D eigenvalue weighted by Gasteiger charge is 2.20. The van der Waals surface area contributed by atoms with Crippen LogP contribution in [-0.4, -0.2) is 56.7 Å². The van der Waals surface area contributed by atoms with Gasteiger partial charge in [-0.15, -0.1) is 24.0 Å². The summed E-state index contributed by atoms with van der Waals surface area (Å²) in [5.74, 6) is 2.42. The largest absolute Gasteiger partial charge is 0.486 e. The van der Waals surface area contributed by atoms with Gasteiger partial charge in [0.1, 0.15) is 13.2 Å². The van der Waals surface area contributed by atoms with E-state index in [1.165, 1.54) is 0 Å². The number of carbonyl (C=O) groups excluding carboxylic acids is 1. The molecule has 158 valence electrons. The molecule has 0 saturated heterocycles. The molecular weight excluding hydrogens is 471 g/mol. The molecule has 0 unspecified atom stereocenters. The lowest BCUT2D eigenvalue weighted by Gasteiger charge is -2.24. The minimum Gasteiger partial charge on any atom is -0.486 e. The van der Waals surface area contributed by atoms with Gasteiger partial charge in [-0.2, -0.15) is 0 Å². The molecule has 1 aromatic rings. The number of hydrogen-bond donors (Lipinski definition) is 2. The number of nitrogens with one attached hydrogen (secondary N) is 2. The Kier molecular flexibility index (Phi) is 9.84. The predicted octanol–water partition coefficient (Wildman–Crippen LogP) is 2.64. The molecule has 1 aromatic carbocycles. The Balaban J connectivity index is 0.00000392. The number of nitrogens with zero attached hydrogens (tertiary/aromatic N) is 2. The van der Waals surface area contributed by atoms with Crippen LogP contribution in [0, 0.1) is 5.41 Å². The van der Waals surface area contributed by atoms with Gasteiger partial charge in [-0.1, -0.05) is 26.8 Å². The summed E-state index contributed by atoms with van der Waals surface area (Å²) in [5.41, 5.74) is 0.733. The van der Waals surface area contributed by atoms with Gasteiger partial charge >= 0.3 is 0 Å². The minimum atomic E-state index is -0.386. The molecule has 1 aliphatic rings. The summed E-state index contributed by atoms with van der Waals surface area (Å²) >= 11 is 0. The molecule has 28 heavy (non-hydrogen) atoms. The molecule has 1 amide bonds. The van der Waals surface area contributed by atoms with Crippen LogP contribution < -0.4 is 20.1 Å². The Morgan fingerprint density at radius 2 is 1.86 bits per heavy atom. The zero-order valence-electron chi connectivity index (χ0n) is 17.5. The minimum absolute atomic E-state index is 0. The Morgan fingerprint density at radius 1 is 1.18 bits per heavy atom. The van der Waals surface area contributed by atoms with Crippen LogP contribution in [0.1, 0.15) is 33.3 Å². The third-order valence-electron chi connectivity index (χ3n) is 4.06. The van der Waals surface area contributed by atoms with Gasteiger partial charge in [0.15, 0.2) is 17.5 Å². The number of hydrogen-bond acceptors (Lipinski definition) is 4. The van der Waals surface area contributed by atoms with Crippen molar-refractivity contribution in [1.29, 1.82) is 0 Å². The summed E-state index contributed by atoms with van der Waals surface area (Å²) in [7, 11) is 1.99. The quantitative estimate of drug-likeness (QED) is 0.270. The van der Waals surface area contributed by atoms with E-state index in [1.54, 1.807) is 0 Å². The van der Waals surface area contributed by atoms with E-state index >= 15 is 0 Å². The number of carbonyl (C=O) groups is 1. The average molecular weight is 504 g/mol. The van der Waals surface area contributed by atoms with Gasteiger partial charge in [0.2, 0.25) is 5.91 Å². The molecule has 7 nitrogen and oxygen atoms in total. The van der Waals surface area contributed by atoms with E-state index in [2.05, 4.69) is 20.5 Å². The van der Waals surface area contributed by atoms with Gasteiger partial charge in [0.05, 0.1) is 6.54 Å². The first kappa shape index (κ1) is 24.3. The monoisotopic (exact) mass is 504 g/mol. The summed E-state index contributed by atoms with van der Waals surface area (Å²) in [6.07, 6.45) is 0. The lowest BCUT2D eigenvalue weighted by Crippen LogP contribution is -2.40. The van der Waals surface area contributed by atoms with Crippen LogP contribution in [0.5, 0.6) is 11.5 Å². The molecule has 0 spiro atoms. The molecule has 1 aliphatic heterocycles. The standard InChI is InChI=1S/C20H32N4O3.HI/c1-6-21-19(23-10-9-22-18(25)20(2,3)4)24(5)14-15-7-8-16-17(13-15)27-12-11-26-16;/h7-8,13H,6,9-12,14H2,1-5H3,(H,21,23)(H,22,25);1H. The van der Waals surface area contributed by atoms with Crippen molar-refractivity contribution in [2.24, 2.45) is 10.4 Å². The SMILES string of the molecule is CCNC(=NCCNC(=O)C(C)(C)C)N(C)Cc1ccc2c(c1)OCCO2.I. The number of ether oxygens (including phenoxy) is 2. The van der Waals surface area contributed by atoms with E-state index in [4.69, 9.17) is 9.47 Å². The van der Waals surface area contributed by atoms with Crippen molar-refractivity contribution in [2.75, 3.05) is 39.9 Å². The van der Waals surface area contributed by atoms with Crippen LogP contribution >= 0.6 is 24.0 Å². The van der Waals surface area contributed by atoms with Crippen molar-refractivity contribution in [3.05, 3.63) is 23.8 Å². The van der Waals surface area contributed by atoms with E-state index in [-0.39, 0.29) is 35.3 Å². The molecule has 0 radical (unpaired) electrons. The first-order valence-corrected chi connectivity index (χ1v) is 9.47. The van der Waals surface area contributed by atoms with Gasteiger partial charge < -0.3 is 25.0 Å². The molecule has 2 rings (SSSR count). The van der Waals surface area contributed by atoms with Crippen LogP contribution in [-0.2, 0) is 11.3 Å². The molecule has 0 aromatic heterocycles. The highest BCUT2D eigenvalue weighted by molar-refractivity contribution is 14.0. The van der Waals surface area contributed by atoms with Gasteiger partial charge in [0.25, 0.3) is 0 Å². The van der Waals surface area contributed by atoms with Gasteiger partial charge in [-0.05, 0) is 24.6 Å². The van der Waals surface area contributed by atoms with Crippen LogP contribution in [0.25, 0.3) is 0 Å². The van der Waals surface area contributed by atoms with Crippen LogP contribution in [0.15, 0.2) is 23.2 Å². The zero-order chi connectivity index (χ0) is 19.9. The number of benzene rings is 1.